The Labute approximate surface area is 75.0 Å². The molecule has 0 bridgehead atoms. The van der Waals surface area contributed by atoms with E-state index >= 15 is 0 Å². The average molecular weight is 178 g/mol. The predicted molar refractivity (Wildman–Crippen MR) is 45.3 cm³/mol. The Morgan fingerprint density at radius 1 is 1.54 bits per heavy atom. The number of aliphatic hydroxyl groups is 1. The second kappa shape index (κ2) is 4.39. The van der Waals surface area contributed by atoms with Gasteiger partial charge in [-0.2, -0.15) is 0 Å². The van der Waals surface area contributed by atoms with Gasteiger partial charge in [0.2, 0.25) is 0 Å². The Morgan fingerprint density at radius 2 is 2.31 bits per heavy atom. The normalized spacial score (nSPS) is 8.77. The number of rotatable bonds is 1. The number of aliphatic hydroxyl groups excluding tert-OH is 1. The highest BCUT2D eigenvalue weighted by Gasteiger charge is 1.99. The van der Waals surface area contributed by atoms with E-state index in [9.17, 15) is 9.18 Å². The molecule has 0 unspecified atom stereocenters. The van der Waals surface area contributed by atoms with Crippen molar-refractivity contribution in [1.82, 2.24) is 0 Å². The van der Waals surface area contributed by atoms with Crippen LogP contribution in [-0.4, -0.2) is 11.4 Å². The molecule has 0 heterocycles. The number of carbonyl (C=O) groups excluding carboxylic acids is 1. The van der Waals surface area contributed by atoms with Gasteiger partial charge in [-0.15, -0.1) is 0 Å². The number of halogens is 1. The van der Waals surface area contributed by atoms with E-state index in [0.717, 1.165) is 0 Å². The molecule has 0 radical (unpaired) electrons. The molecule has 0 atom stereocenters. The highest BCUT2D eigenvalue weighted by molar-refractivity contribution is 5.74. The number of carbonyl (C=O) groups is 1. The van der Waals surface area contributed by atoms with Crippen molar-refractivity contribution >= 4 is 6.29 Å². The van der Waals surface area contributed by atoms with Crippen LogP contribution < -0.4 is 0 Å². The lowest BCUT2D eigenvalue weighted by molar-refractivity contribution is -0.103. The molecule has 0 aliphatic carbocycles. The fourth-order valence-electron chi connectivity index (χ4n) is 0.874. The number of aldehydes is 1. The van der Waals surface area contributed by atoms with E-state index in [1.165, 1.54) is 18.2 Å². The lowest BCUT2D eigenvalue weighted by Gasteiger charge is -1.97. The molecule has 0 aliphatic rings. The SMILES string of the molecule is O=CC#Cc1cc(CO)ccc1F. The fraction of sp³-hybridized carbons (Fsp3) is 0.100. The third kappa shape index (κ3) is 2.39. The number of hydrogen-bond donors (Lipinski definition) is 1. The van der Waals surface area contributed by atoms with Gasteiger partial charge in [-0.05, 0) is 23.6 Å². The minimum Gasteiger partial charge on any atom is -0.392 e. The van der Waals surface area contributed by atoms with Crippen molar-refractivity contribution in [2.45, 2.75) is 6.61 Å². The summed E-state index contributed by atoms with van der Waals surface area (Å²) in [6.45, 7) is -0.171. The van der Waals surface area contributed by atoms with Crippen LogP contribution in [0.3, 0.4) is 0 Å². The Balaban J connectivity index is 3.10. The van der Waals surface area contributed by atoms with E-state index in [-0.39, 0.29) is 12.2 Å². The van der Waals surface area contributed by atoms with Crippen LogP contribution >= 0.6 is 0 Å². The van der Waals surface area contributed by atoms with Crippen LogP contribution in [0.15, 0.2) is 18.2 Å². The van der Waals surface area contributed by atoms with Crippen LogP contribution in [0.4, 0.5) is 4.39 Å². The van der Waals surface area contributed by atoms with Crippen LogP contribution in [0.2, 0.25) is 0 Å². The molecule has 0 saturated heterocycles. The summed E-state index contributed by atoms with van der Waals surface area (Å²) in [6, 6.07) is 4.08. The first-order valence-corrected chi connectivity index (χ1v) is 3.62. The zero-order valence-corrected chi connectivity index (χ0v) is 6.75. The number of hydrogen-bond acceptors (Lipinski definition) is 2. The van der Waals surface area contributed by atoms with E-state index in [0.29, 0.717) is 11.8 Å². The maximum atomic E-state index is 12.9. The summed E-state index contributed by atoms with van der Waals surface area (Å²) in [5.41, 5.74) is 0.690. The summed E-state index contributed by atoms with van der Waals surface area (Å²) in [4.78, 5) is 9.90. The topological polar surface area (TPSA) is 37.3 Å². The molecule has 1 aromatic carbocycles. The van der Waals surface area contributed by atoms with E-state index in [4.69, 9.17) is 5.11 Å². The molecule has 1 rings (SSSR count). The summed E-state index contributed by atoms with van der Waals surface area (Å²) in [7, 11) is 0. The van der Waals surface area contributed by atoms with Crippen LogP contribution in [0, 0.1) is 17.7 Å². The minimum absolute atomic E-state index is 0.124. The van der Waals surface area contributed by atoms with Gasteiger partial charge in [0.1, 0.15) is 5.82 Å². The highest BCUT2D eigenvalue weighted by atomic mass is 19.1. The summed E-state index contributed by atoms with van der Waals surface area (Å²) < 4.78 is 12.9. The van der Waals surface area contributed by atoms with Gasteiger partial charge in [-0.3, -0.25) is 4.79 Å². The van der Waals surface area contributed by atoms with Crippen molar-refractivity contribution in [2.75, 3.05) is 0 Å². The summed E-state index contributed by atoms with van der Waals surface area (Å²) in [6.07, 6.45) is 0.394. The molecule has 0 aliphatic heterocycles. The fourth-order valence-corrected chi connectivity index (χ4v) is 0.874. The molecule has 1 N–H and O–H groups in total. The standard InChI is InChI=1S/C10H7FO2/c11-10-4-3-8(7-13)6-9(10)2-1-5-12/h3-6,13H,7H2. The molecule has 3 heteroatoms. The van der Waals surface area contributed by atoms with Gasteiger partial charge in [0.05, 0.1) is 12.2 Å². The molecule has 2 nitrogen and oxygen atoms in total. The third-order valence-electron chi connectivity index (χ3n) is 1.48. The minimum atomic E-state index is -0.494. The van der Waals surface area contributed by atoms with Gasteiger partial charge in [0, 0.05) is 0 Å². The van der Waals surface area contributed by atoms with Crippen LogP contribution in [-0.2, 0) is 11.4 Å². The molecule has 0 saturated carbocycles. The van der Waals surface area contributed by atoms with Crippen molar-refractivity contribution in [1.29, 1.82) is 0 Å². The molecule has 0 amide bonds. The third-order valence-corrected chi connectivity index (χ3v) is 1.48. The van der Waals surface area contributed by atoms with Gasteiger partial charge in [-0.25, -0.2) is 4.39 Å². The maximum absolute atomic E-state index is 12.9. The molecule has 1 aromatic rings. The van der Waals surface area contributed by atoms with Crippen LogP contribution in [0.1, 0.15) is 11.1 Å². The second-order valence-corrected chi connectivity index (χ2v) is 2.36. The lowest BCUT2D eigenvalue weighted by Crippen LogP contribution is -1.88. The smallest absolute Gasteiger partial charge is 0.193 e. The molecule has 13 heavy (non-hydrogen) atoms. The van der Waals surface area contributed by atoms with E-state index in [2.05, 4.69) is 11.8 Å². The van der Waals surface area contributed by atoms with Gasteiger partial charge >= 0.3 is 0 Å². The van der Waals surface area contributed by atoms with Crippen molar-refractivity contribution in [2.24, 2.45) is 0 Å². The summed E-state index contributed by atoms with van der Waals surface area (Å²) in [5.74, 6) is 3.94. The van der Waals surface area contributed by atoms with Gasteiger partial charge in [0.25, 0.3) is 0 Å². The molecule has 0 fully saturated rings. The van der Waals surface area contributed by atoms with Crippen molar-refractivity contribution in [3.8, 4) is 11.8 Å². The lowest BCUT2D eigenvalue weighted by atomic mass is 10.1. The first-order valence-electron chi connectivity index (χ1n) is 3.62. The molecular weight excluding hydrogens is 171 g/mol. The first kappa shape index (κ1) is 9.43. The Kier molecular flexibility index (Phi) is 3.18. The summed E-state index contributed by atoms with van der Waals surface area (Å²) >= 11 is 0. The molecule has 0 spiro atoms. The molecule has 66 valence electrons. The quantitative estimate of drug-likeness (QED) is 0.511. The van der Waals surface area contributed by atoms with E-state index in [1.54, 1.807) is 0 Å². The Morgan fingerprint density at radius 3 is 2.92 bits per heavy atom. The number of benzene rings is 1. The summed E-state index contributed by atoms with van der Waals surface area (Å²) in [5, 5.41) is 8.74. The zero-order chi connectivity index (χ0) is 9.68. The van der Waals surface area contributed by atoms with Crippen molar-refractivity contribution in [3.05, 3.63) is 35.1 Å². The van der Waals surface area contributed by atoms with Gasteiger partial charge in [-0.1, -0.05) is 12.0 Å². The van der Waals surface area contributed by atoms with Crippen LogP contribution in [0.25, 0.3) is 0 Å². The molecule has 0 aromatic heterocycles. The Hall–Kier alpha value is -1.66. The van der Waals surface area contributed by atoms with E-state index < -0.39 is 5.82 Å². The second-order valence-electron chi connectivity index (χ2n) is 2.36. The zero-order valence-electron chi connectivity index (χ0n) is 6.75. The van der Waals surface area contributed by atoms with E-state index in [1.807, 2.05) is 0 Å². The monoisotopic (exact) mass is 178 g/mol. The van der Waals surface area contributed by atoms with Gasteiger partial charge in [0.15, 0.2) is 6.29 Å². The van der Waals surface area contributed by atoms with Crippen LogP contribution in [0.5, 0.6) is 0 Å². The largest absolute Gasteiger partial charge is 0.392 e. The van der Waals surface area contributed by atoms with Crippen molar-refractivity contribution in [3.63, 3.8) is 0 Å². The first-order chi connectivity index (χ1) is 6.27. The van der Waals surface area contributed by atoms with Crippen molar-refractivity contribution < 1.29 is 14.3 Å². The maximum Gasteiger partial charge on any atom is 0.193 e. The predicted octanol–water partition coefficient (Wildman–Crippen LogP) is 0.868. The van der Waals surface area contributed by atoms with Gasteiger partial charge < -0.3 is 5.11 Å². The molecular formula is C10H7FO2. The average Bonchev–Trinajstić information content (AvgIpc) is 2.17. The highest BCUT2D eigenvalue weighted by Crippen LogP contribution is 2.09. The Bertz CT molecular complexity index is 374.